The first-order chi connectivity index (χ1) is 15.0. The number of rotatable bonds is 7. The van der Waals surface area contributed by atoms with Gasteiger partial charge in [-0.15, -0.1) is 11.8 Å². The first kappa shape index (κ1) is 21.3. The van der Waals surface area contributed by atoms with E-state index in [1.165, 1.54) is 11.1 Å². The molecule has 0 aliphatic carbocycles. The molecule has 1 aliphatic rings. The molecule has 1 amide bonds. The van der Waals surface area contributed by atoms with E-state index < -0.39 is 0 Å². The molecule has 3 nitrogen and oxygen atoms in total. The molecule has 3 aromatic carbocycles. The average Bonchev–Trinajstić information content (AvgIpc) is 3.09. The molecule has 3 aromatic rings. The summed E-state index contributed by atoms with van der Waals surface area (Å²) in [7, 11) is 0. The summed E-state index contributed by atoms with van der Waals surface area (Å²) >= 11 is 1.80. The summed E-state index contributed by atoms with van der Waals surface area (Å²) in [5, 5.41) is 2.20. The molecule has 4 heteroatoms. The zero-order valence-electron chi connectivity index (χ0n) is 18.2. The number of benzene rings is 3. The summed E-state index contributed by atoms with van der Waals surface area (Å²) in [5.41, 5.74) is 6.59. The van der Waals surface area contributed by atoms with Gasteiger partial charge < -0.3 is 9.64 Å². The third-order valence-corrected chi connectivity index (χ3v) is 6.29. The zero-order valence-corrected chi connectivity index (χ0v) is 19.0. The van der Waals surface area contributed by atoms with Gasteiger partial charge in [0.15, 0.2) is 0 Å². The van der Waals surface area contributed by atoms with Crippen LogP contribution in [0.15, 0.2) is 72.1 Å². The minimum absolute atomic E-state index is 0.119. The third kappa shape index (κ3) is 4.86. The number of nitrogens with zero attached hydrogens (tertiary/aromatic N) is 1. The molecule has 0 unspecified atom stereocenters. The maximum atomic E-state index is 13.1. The monoisotopic (exact) mass is 429 g/mol. The van der Waals surface area contributed by atoms with Crippen LogP contribution in [0.5, 0.6) is 11.5 Å². The first-order valence-corrected chi connectivity index (χ1v) is 11.6. The van der Waals surface area contributed by atoms with Gasteiger partial charge in [-0.05, 0) is 83.2 Å². The van der Waals surface area contributed by atoms with E-state index in [0.717, 1.165) is 39.5 Å². The molecule has 0 N–H and O–H groups in total. The molecule has 0 radical (unpaired) electrons. The van der Waals surface area contributed by atoms with Crippen LogP contribution in [0.1, 0.15) is 46.5 Å². The number of ether oxygens (including phenoxy) is 1. The second-order valence-electron chi connectivity index (χ2n) is 7.80. The lowest BCUT2D eigenvalue weighted by Gasteiger charge is -2.16. The number of carbonyl (C=O) groups excluding carboxylic acids is 1. The molecule has 0 bridgehead atoms. The Morgan fingerprint density at radius 2 is 1.77 bits per heavy atom. The highest BCUT2D eigenvalue weighted by Crippen LogP contribution is 2.31. The molecular formula is C27H27NO2S. The Morgan fingerprint density at radius 3 is 2.48 bits per heavy atom. The molecule has 31 heavy (non-hydrogen) atoms. The second-order valence-corrected chi connectivity index (χ2v) is 8.95. The number of amides is 1. The molecule has 0 aromatic heterocycles. The molecule has 1 aliphatic heterocycles. The van der Waals surface area contributed by atoms with Gasteiger partial charge in [-0.25, -0.2) is 0 Å². The van der Waals surface area contributed by atoms with Gasteiger partial charge in [0.1, 0.15) is 11.5 Å². The van der Waals surface area contributed by atoms with E-state index >= 15 is 0 Å². The summed E-state index contributed by atoms with van der Waals surface area (Å²) in [6.45, 7) is 7.57. The van der Waals surface area contributed by atoms with Gasteiger partial charge in [0.05, 0.1) is 0 Å². The summed E-state index contributed by atoms with van der Waals surface area (Å²) in [5.74, 6) is 2.78. The van der Waals surface area contributed by atoms with Gasteiger partial charge in [0, 0.05) is 18.7 Å². The average molecular weight is 430 g/mol. The molecule has 0 atom stereocenters. The Bertz CT molecular complexity index is 1100. The van der Waals surface area contributed by atoms with E-state index in [4.69, 9.17) is 4.74 Å². The predicted octanol–water partition coefficient (Wildman–Crippen LogP) is 7.06. The summed E-state index contributed by atoms with van der Waals surface area (Å²) in [4.78, 5) is 15.0. The smallest absolute Gasteiger partial charge is 0.255 e. The van der Waals surface area contributed by atoms with Gasteiger partial charge in [-0.1, -0.05) is 43.3 Å². The normalized spacial score (nSPS) is 13.5. The number of carbonyl (C=O) groups is 1. The first-order valence-electron chi connectivity index (χ1n) is 10.6. The summed E-state index contributed by atoms with van der Waals surface area (Å²) in [6.07, 6.45) is 0. The second kappa shape index (κ2) is 9.44. The number of hydrogen-bond acceptors (Lipinski definition) is 3. The Kier molecular flexibility index (Phi) is 6.47. The van der Waals surface area contributed by atoms with Crippen LogP contribution in [-0.2, 0) is 13.1 Å². The molecule has 1 heterocycles. The predicted molar refractivity (Wildman–Crippen MR) is 129 cm³/mol. The van der Waals surface area contributed by atoms with Crippen molar-refractivity contribution in [1.29, 1.82) is 0 Å². The quantitative estimate of drug-likeness (QED) is 0.403. The number of para-hydroxylation sites is 1. The fourth-order valence-electron chi connectivity index (χ4n) is 3.87. The Hall–Kier alpha value is -2.98. The van der Waals surface area contributed by atoms with Crippen LogP contribution < -0.4 is 4.74 Å². The Balaban J connectivity index is 1.47. The van der Waals surface area contributed by atoms with E-state index in [9.17, 15) is 4.79 Å². The largest absolute Gasteiger partial charge is 0.457 e. The van der Waals surface area contributed by atoms with Gasteiger partial charge in [-0.2, -0.15) is 0 Å². The fourth-order valence-corrected chi connectivity index (χ4v) is 4.42. The molecule has 158 valence electrons. The topological polar surface area (TPSA) is 29.5 Å². The molecule has 0 saturated heterocycles. The number of fused-ring (bicyclic) bond motifs is 1. The standard InChI is InChI=1S/C27H27NO2S/c1-4-31-18-20(3)22-14-19(2)26-23(15-22)17-28(27(26)29)16-21-10-12-25(13-11-21)30-24-8-6-5-7-9-24/h5-15,18H,4,16-17H2,1-3H3/b20-18+. The van der Waals surface area contributed by atoms with Gasteiger partial charge >= 0.3 is 0 Å². The van der Waals surface area contributed by atoms with Crippen molar-refractivity contribution in [3.05, 3.63) is 100.0 Å². The van der Waals surface area contributed by atoms with Gasteiger partial charge in [0.25, 0.3) is 5.91 Å². The Morgan fingerprint density at radius 1 is 1.06 bits per heavy atom. The molecule has 0 saturated carbocycles. The van der Waals surface area contributed by atoms with Gasteiger partial charge in [-0.3, -0.25) is 4.79 Å². The molecule has 4 rings (SSSR count). The molecule has 0 fully saturated rings. The fraction of sp³-hybridized carbons (Fsp3) is 0.222. The number of aryl methyl sites for hydroxylation is 1. The van der Waals surface area contributed by atoms with E-state index in [0.29, 0.717) is 13.1 Å². The SMILES string of the molecule is CCS/C=C(\C)c1cc(C)c2c(c1)CN(Cc1ccc(Oc3ccccc3)cc1)C2=O. The van der Waals surface area contributed by atoms with Crippen LogP contribution >= 0.6 is 11.8 Å². The van der Waals surface area contributed by atoms with Crippen molar-refractivity contribution in [2.75, 3.05) is 5.75 Å². The van der Waals surface area contributed by atoms with Crippen molar-refractivity contribution in [3.63, 3.8) is 0 Å². The van der Waals surface area contributed by atoms with E-state index in [2.05, 4.69) is 31.4 Å². The minimum Gasteiger partial charge on any atom is -0.457 e. The lowest BCUT2D eigenvalue weighted by atomic mass is 9.97. The van der Waals surface area contributed by atoms with Crippen molar-refractivity contribution in [2.24, 2.45) is 0 Å². The van der Waals surface area contributed by atoms with Crippen molar-refractivity contribution in [3.8, 4) is 11.5 Å². The van der Waals surface area contributed by atoms with Crippen LogP contribution in [-0.4, -0.2) is 16.6 Å². The van der Waals surface area contributed by atoms with Crippen LogP contribution in [0, 0.1) is 6.92 Å². The Labute approximate surface area is 188 Å². The van der Waals surface area contributed by atoms with E-state index in [1.807, 2.05) is 66.4 Å². The van der Waals surface area contributed by atoms with Crippen LogP contribution in [0.25, 0.3) is 5.57 Å². The number of hydrogen-bond donors (Lipinski definition) is 0. The van der Waals surface area contributed by atoms with Crippen molar-refractivity contribution >= 4 is 23.2 Å². The highest BCUT2D eigenvalue weighted by atomic mass is 32.2. The minimum atomic E-state index is 0.119. The molecular weight excluding hydrogens is 402 g/mol. The number of allylic oxidation sites excluding steroid dienone is 1. The number of thioether (sulfide) groups is 1. The maximum Gasteiger partial charge on any atom is 0.255 e. The van der Waals surface area contributed by atoms with Crippen LogP contribution in [0.2, 0.25) is 0 Å². The third-order valence-electron chi connectivity index (χ3n) is 5.44. The molecule has 0 spiro atoms. The summed E-state index contributed by atoms with van der Waals surface area (Å²) < 4.78 is 5.87. The summed E-state index contributed by atoms with van der Waals surface area (Å²) in [6, 6.07) is 22.0. The van der Waals surface area contributed by atoms with Crippen molar-refractivity contribution in [2.45, 2.75) is 33.9 Å². The van der Waals surface area contributed by atoms with E-state index in [-0.39, 0.29) is 5.91 Å². The van der Waals surface area contributed by atoms with Crippen LogP contribution in [0.4, 0.5) is 0 Å². The highest BCUT2D eigenvalue weighted by molar-refractivity contribution is 8.02. The van der Waals surface area contributed by atoms with Crippen LogP contribution in [0.3, 0.4) is 0 Å². The highest BCUT2D eigenvalue weighted by Gasteiger charge is 2.29. The van der Waals surface area contributed by atoms with E-state index in [1.54, 1.807) is 11.8 Å². The van der Waals surface area contributed by atoms with Crippen molar-refractivity contribution < 1.29 is 9.53 Å². The maximum absolute atomic E-state index is 13.1. The zero-order chi connectivity index (χ0) is 21.8. The van der Waals surface area contributed by atoms with Crippen molar-refractivity contribution in [1.82, 2.24) is 4.90 Å². The van der Waals surface area contributed by atoms with Gasteiger partial charge in [0.2, 0.25) is 0 Å². The lowest BCUT2D eigenvalue weighted by molar-refractivity contribution is 0.0766. The lowest BCUT2D eigenvalue weighted by Crippen LogP contribution is -2.23.